The van der Waals surface area contributed by atoms with E-state index >= 15 is 0 Å². The Morgan fingerprint density at radius 1 is 1.07 bits per heavy atom. The van der Waals surface area contributed by atoms with Crippen LogP contribution in [0.2, 0.25) is 0 Å². The Bertz CT molecular complexity index is 977. The van der Waals surface area contributed by atoms with Crippen molar-refractivity contribution in [1.82, 2.24) is 9.97 Å². The van der Waals surface area contributed by atoms with E-state index in [9.17, 15) is 0 Å². The average Bonchev–Trinajstić information content (AvgIpc) is 3.15. The Labute approximate surface area is 157 Å². The SMILES string of the molecule is COc1cccc(-c2cc(N(C)Cc3ccc4c(c3)OCO4)nc(N)n2)c1. The summed E-state index contributed by atoms with van der Waals surface area (Å²) in [4.78, 5) is 10.8. The van der Waals surface area contributed by atoms with Crippen LogP contribution in [0.15, 0.2) is 48.5 Å². The minimum Gasteiger partial charge on any atom is -0.497 e. The highest BCUT2D eigenvalue weighted by molar-refractivity contribution is 5.66. The molecule has 0 radical (unpaired) electrons. The number of nitrogen functional groups attached to an aromatic ring is 1. The third kappa shape index (κ3) is 3.57. The predicted octanol–water partition coefficient (Wildman–Crippen LogP) is 3.10. The third-order valence-corrected chi connectivity index (χ3v) is 4.34. The molecule has 0 bridgehead atoms. The Kier molecular flexibility index (Phi) is 4.42. The van der Waals surface area contributed by atoms with Gasteiger partial charge < -0.3 is 24.8 Å². The van der Waals surface area contributed by atoms with Crippen LogP contribution in [-0.4, -0.2) is 30.9 Å². The monoisotopic (exact) mass is 364 g/mol. The maximum Gasteiger partial charge on any atom is 0.231 e. The summed E-state index contributed by atoms with van der Waals surface area (Å²) in [6.45, 7) is 0.908. The summed E-state index contributed by atoms with van der Waals surface area (Å²) < 4.78 is 16.1. The lowest BCUT2D eigenvalue weighted by Gasteiger charge is -2.19. The molecule has 7 heteroatoms. The lowest BCUT2D eigenvalue weighted by Crippen LogP contribution is -2.18. The van der Waals surface area contributed by atoms with Gasteiger partial charge in [-0.1, -0.05) is 18.2 Å². The summed E-state index contributed by atoms with van der Waals surface area (Å²) in [5.41, 5.74) is 8.70. The van der Waals surface area contributed by atoms with Crippen molar-refractivity contribution in [2.45, 2.75) is 6.54 Å². The van der Waals surface area contributed by atoms with Crippen LogP contribution in [0.25, 0.3) is 11.3 Å². The molecule has 0 fully saturated rings. The second-order valence-corrected chi connectivity index (χ2v) is 6.25. The maximum absolute atomic E-state index is 5.96. The summed E-state index contributed by atoms with van der Waals surface area (Å²) in [7, 11) is 3.60. The van der Waals surface area contributed by atoms with E-state index in [0.29, 0.717) is 6.54 Å². The smallest absolute Gasteiger partial charge is 0.231 e. The van der Waals surface area contributed by atoms with Crippen molar-refractivity contribution in [1.29, 1.82) is 0 Å². The first-order chi connectivity index (χ1) is 13.1. The van der Waals surface area contributed by atoms with Crippen LogP contribution in [0.3, 0.4) is 0 Å². The number of ether oxygens (including phenoxy) is 3. The van der Waals surface area contributed by atoms with Crippen LogP contribution < -0.4 is 24.8 Å². The lowest BCUT2D eigenvalue weighted by molar-refractivity contribution is 0.174. The van der Waals surface area contributed by atoms with Crippen molar-refractivity contribution < 1.29 is 14.2 Å². The molecule has 3 aromatic rings. The van der Waals surface area contributed by atoms with Crippen LogP contribution in [0, 0.1) is 0 Å². The second-order valence-electron chi connectivity index (χ2n) is 6.25. The quantitative estimate of drug-likeness (QED) is 0.745. The van der Waals surface area contributed by atoms with Gasteiger partial charge in [0.25, 0.3) is 0 Å². The molecule has 0 saturated heterocycles. The molecule has 1 aliphatic rings. The number of hydrogen-bond donors (Lipinski definition) is 1. The molecule has 1 aromatic heterocycles. The van der Waals surface area contributed by atoms with Crippen molar-refractivity contribution in [3.05, 3.63) is 54.1 Å². The molecular weight excluding hydrogens is 344 g/mol. The molecule has 0 aliphatic carbocycles. The van der Waals surface area contributed by atoms with E-state index < -0.39 is 0 Å². The molecule has 2 heterocycles. The topological polar surface area (TPSA) is 82.7 Å². The maximum atomic E-state index is 5.96. The zero-order valence-corrected chi connectivity index (χ0v) is 15.2. The molecule has 0 atom stereocenters. The van der Waals surface area contributed by atoms with Crippen molar-refractivity contribution in [2.24, 2.45) is 0 Å². The fraction of sp³-hybridized carbons (Fsp3) is 0.200. The Balaban J connectivity index is 1.60. The zero-order chi connectivity index (χ0) is 18.8. The average molecular weight is 364 g/mol. The van der Waals surface area contributed by atoms with Crippen molar-refractivity contribution in [2.75, 3.05) is 31.6 Å². The largest absolute Gasteiger partial charge is 0.497 e. The van der Waals surface area contributed by atoms with E-state index in [2.05, 4.69) is 9.97 Å². The molecule has 27 heavy (non-hydrogen) atoms. The molecule has 0 saturated carbocycles. The second kappa shape index (κ2) is 7.03. The van der Waals surface area contributed by atoms with Crippen molar-refractivity contribution >= 4 is 11.8 Å². The minimum absolute atomic E-state index is 0.225. The molecule has 138 valence electrons. The van der Waals surface area contributed by atoms with Gasteiger partial charge in [0.15, 0.2) is 11.5 Å². The van der Waals surface area contributed by atoms with E-state index in [4.69, 9.17) is 19.9 Å². The van der Waals surface area contributed by atoms with Crippen LogP contribution >= 0.6 is 0 Å². The van der Waals surface area contributed by atoms with Crippen LogP contribution in [0.5, 0.6) is 17.2 Å². The number of hydrogen-bond acceptors (Lipinski definition) is 7. The van der Waals surface area contributed by atoms with Gasteiger partial charge in [-0.3, -0.25) is 0 Å². The van der Waals surface area contributed by atoms with E-state index in [1.54, 1.807) is 7.11 Å². The molecule has 0 spiro atoms. The number of benzene rings is 2. The van der Waals surface area contributed by atoms with Gasteiger partial charge in [0.2, 0.25) is 12.7 Å². The number of nitrogens with two attached hydrogens (primary N) is 1. The Morgan fingerprint density at radius 2 is 1.93 bits per heavy atom. The predicted molar refractivity (Wildman–Crippen MR) is 103 cm³/mol. The van der Waals surface area contributed by atoms with Gasteiger partial charge in [-0.25, -0.2) is 4.98 Å². The highest BCUT2D eigenvalue weighted by atomic mass is 16.7. The van der Waals surface area contributed by atoms with Gasteiger partial charge in [0.05, 0.1) is 12.8 Å². The number of methoxy groups -OCH3 is 1. The first-order valence-corrected chi connectivity index (χ1v) is 8.51. The van der Waals surface area contributed by atoms with Crippen LogP contribution in [-0.2, 0) is 6.54 Å². The fourth-order valence-electron chi connectivity index (χ4n) is 2.97. The first kappa shape index (κ1) is 17.0. The minimum atomic E-state index is 0.225. The van der Waals surface area contributed by atoms with E-state index in [0.717, 1.165) is 39.9 Å². The Hall–Kier alpha value is -3.48. The van der Waals surface area contributed by atoms with Gasteiger partial charge in [-0.05, 0) is 29.8 Å². The zero-order valence-electron chi connectivity index (χ0n) is 15.2. The summed E-state index contributed by atoms with van der Waals surface area (Å²) in [6, 6.07) is 15.5. The molecule has 7 nitrogen and oxygen atoms in total. The van der Waals surface area contributed by atoms with Gasteiger partial charge in [-0.15, -0.1) is 0 Å². The molecular formula is C20H20N4O3. The molecule has 2 N–H and O–H groups in total. The first-order valence-electron chi connectivity index (χ1n) is 8.51. The standard InChI is InChI=1S/C20H20N4O3/c1-24(11-13-6-7-17-18(8-13)27-12-26-17)19-10-16(22-20(21)23-19)14-4-3-5-15(9-14)25-2/h3-10H,11-12H2,1-2H3,(H2,21,22,23). The van der Waals surface area contributed by atoms with E-state index in [1.165, 1.54) is 0 Å². The number of aromatic nitrogens is 2. The molecule has 0 unspecified atom stereocenters. The van der Waals surface area contributed by atoms with Crippen LogP contribution in [0.4, 0.5) is 11.8 Å². The van der Waals surface area contributed by atoms with Crippen molar-refractivity contribution in [3.63, 3.8) is 0 Å². The van der Waals surface area contributed by atoms with Gasteiger partial charge in [0.1, 0.15) is 11.6 Å². The van der Waals surface area contributed by atoms with Crippen molar-refractivity contribution in [3.8, 4) is 28.5 Å². The Morgan fingerprint density at radius 3 is 2.78 bits per heavy atom. The normalized spacial score (nSPS) is 12.1. The summed E-state index contributed by atoms with van der Waals surface area (Å²) in [5.74, 6) is 3.26. The van der Waals surface area contributed by atoms with E-state index in [1.807, 2.05) is 60.5 Å². The van der Waals surface area contributed by atoms with Gasteiger partial charge >= 0.3 is 0 Å². The molecule has 4 rings (SSSR count). The third-order valence-electron chi connectivity index (χ3n) is 4.34. The molecule has 0 amide bonds. The highest BCUT2D eigenvalue weighted by Gasteiger charge is 2.15. The van der Waals surface area contributed by atoms with Gasteiger partial charge in [-0.2, -0.15) is 4.98 Å². The number of rotatable bonds is 5. The summed E-state index contributed by atoms with van der Waals surface area (Å²) >= 11 is 0. The number of anilines is 2. The van der Waals surface area contributed by atoms with E-state index in [-0.39, 0.29) is 12.7 Å². The number of fused-ring (bicyclic) bond motifs is 1. The van der Waals surface area contributed by atoms with Gasteiger partial charge in [0, 0.05) is 25.2 Å². The highest BCUT2D eigenvalue weighted by Crippen LogP contribution is 2.33. The number of nitrogens with zero attached hydrogens (tertiary/aromatic N) is 3. The summed E-state index contributed by atoms with van der Waals surface area (Å²) in [6.07, 6.45) is 0. The van der Waals surface area contributed by atoms with Crippen LogP contribution in [0.1, 0.15) is 5.56 Å². The molecule has 1 aliphatic heterocycles. The summed E-state index contributed by atoms with van der Waals surface area (Å²) in [5, 5.41) is 0. The lowest BCUT2D eigenvalue weighted by atomic mass is 10.1. The fourth-order valence-corrected chi connectivity index (χ4v) is 2.97. The molecule has 2 aromatic carbocycles.